The first-order chi connectivity index (χ1) is 8.27. The van der Waals surface area contributed by atoms with E-state index < -0.39 is 0 Å². The van der Waals surface area contributed by atoms with E-state index in [1.54, 1.807) is 6.07 Å². The lowest BCUT2D eigenvalue weighted by atomic mass is 9.87. The predicted octanol–water partition coefficient (Wildman–Crippen LogP) is 4.05. The minimum atomic E-state index is 0.320. The third-order valence-corrected chi connectivity index (χ3v) is 3.76. The number of hydrogen-bond acceptors (Lipinski definition) is 2. The average Bonchev–Trinajstić information content (AvgIpc) is 2.36. The van der Waals surface area contributed by atoms with Crippen LogP contribution in [0, 0.1) is 12.8 Å². The molecule has 0 spiro atoms. The Kier molecular flexibility index (Phi) is 4.29. The number of phenolic OH excluding ortho intramolecular Hbond substituents is 1. The van der Waals surface area contributed by atoms with Crippen LogP contribution < -0.4 is 4.74 Å². The molecule has 0 unspecified atom stereocenters. The quantitative estimate of drug-likeness (QED) is 0.851. The van der Waals surface area contributed by atoms with Crippen molar-refractivity contribution >= 4 is 0 Å². The van der Waals surface area contributed by atoms with Crippen LogP contribution in [0.2, 0.25) is 0 Å². The second-order valence-corrected chi connectivity index (χ2v) is 5.04. The zero-order chi connectivity index (χ0) is 12.1. The van der Waals surface area contributed by atoms with E-state index in [1.807, 2.05) is 19.1 Å². The number of benzene rings is 1. The van der Waals surface area contributed by atoms with Crippen molar-refractivity contribution in [3.8, 4) is 11.5 Å². The highest BCUT2D eigenvalue weighted by Crippen LogP contribution is 2.28. The molecule has 0 radical (unpaired) electrons. The number of phenols is 1. The van der Waals surface area contributed by atoms with Crippen molar-refractivity contribution in [1.29, 1.82) is 0 Å². The molecule has 1 fully saturated rings. The first kappa shape index (κ1) is 12.3. The highest BCUT2D eigenvalue weighted by atomic mass is 16.5. The van der Waals surface area contributed by atoms with Gasteiger partial charge in [0.15, 0.2) is 0 Å². The normalized spacial score (nSPS) is 17.0. The maximum Gasteiger partial charge on any atom is 0.125 e. The van der Waals surface area contributed by atoms with Gasteiger partial charge in [0.25, 0.3) is 0 Å². The third-order valence-electron chi connectivity index (χ3n) is 3.76. The van der Waals surface area contributed by atoms with Gasteiger partial charge >= 0.3 is 0 Å². The van der Waals surface area contributed by atoms with Gasteiger partial charge < -0.3 is 9.84 Å². The van der Waals surface area contributed by atoms with E-state index >= 15 is 0 Å². The smallest absolute Gasteiger partial charge is 0.125 e. The average molecular weight is 234 g/mol. The summed E-state index contributed by atoms with van der Waals surface area (Å²) in [6.45, 7) is 2.67. The molecule has 0 atom stereocenters. The first-order valence-electron chi connectivity index (χ1n) is 6.69. The molecule has 17 heavy (non-hydrogen) atoms. The van der Waals surface area contributed by atoms with Crippen LogP contribution >= 0.6 is 0 Å². The lowest BCUT2D eigenvalue weighted by molar-refractivity contribution is 0.244. The van der Waals surface area contributed by atoms with Gasteiger partial charge in [-0.2, -0.15) is 0 Å². The Bertz CT molecular complexity index is 354. The Morgan fingerprint density at radius 3 is 2.76 bits per heavy atom. The van der Waals surface area contributed by atoms with Crippen molar-refractivity contribution in [2.24, 2.45) is 5.92 Å². The summed E-state index contributed by atoms with van der Waals surface area (Å²) < 4.78 is 5.76. The van der Waals surface area contributed by atoms with Gasteiger partial charge in [-0.1, -0.05) is 38.2 Å². The third kappa shape index (κ3) is 3.39. The number of hydrogen-bond donors (Lipinski definition) is 1. The largest absolute Gasteiger partial charge is 0.508 e. The molecular weight excluding hydrogens is 212 g/mol. The summed E-state index contributed by atoms with van der Waals surface area (Å²) in [5.74, 6) is 1.99. The van der Waals surface area contributed by atoms with Crippen LogP contribution in [0.5, 0.6) is 11.5 Å². The van der Waals surface area contributed by atoms with Crippen LogP contribution in [0.4, 0.5) is 0 Å². The standard InChI is InChI=1S/C15H22O2/c1-12-14(16)8-5-9-15(12)17-11-10-13-6-3-2-4-7-13/h5,8-9,13,16H,2-4,6-7,10-11H2,1H3. The van der Waals surface area contributed by atoms with Gasteiger partial charge in [0.05, 0.1) is 6.61 Å². The molecule has 2 nitrogen and oxygen atoms in total. The molecule has 0 amide bonds. The molecular formula is C15H22O2. The van der Waals surface area contributed by atoms with Crippen molar-refractivity contribution in [3.63, 3.8) is 0 Å². The lowest BCUT2D eigenvalue weighted by Crippen LogP contribution is -2.11. The molecule has 2 heteroatoms. The fraction of sp³-hybridized carbons (Fsp3) is 0.600. The van der Waals surface area contributed by atoms with Crippen LogP contribution in [-0.4, -0.2) is 11.7 Å². The van der Waals surface area contributed by atoms with Crippen molar-refractivity contribution in [2.75, 3.05) is 6.61 Å². The molecule has 94 valence electrons. The summed E-state index contributed by atoms with van der Waals surface area (Å²) in [6.07, 6.45) is 8.05. The van der Waals surface area contributed by atoms with E-state index in [2.05, 4.69) is 0 Å². The Labute approximate surface area is 104 Å². The van der Waals surface area contributed by atoms with E-state index in [4.69, 9.17) is 4.74 Å². The molecule has 1 saturated carbocycles. The molecule has 0 saturated heterocycles. The molecule has 0 aromatic heterocycles. The lowest BCUT2D eigenvalue weighted by Gasteiger charge is -2.21. The maximum absolute atomic E-state index is 9.57. The molecule has 1 N–H and O–H groups in total. The summed E-state index contributed by atoms with van der Waals surface area (Å²) in [4.78, 5) is 0. The van der Waals surface area contributed by atoms with Gasteiger partial charge in [0.1, 0.15) is 11.5 Å². The van der Waals surface area contributed by atoms with Gasteiger partial charge in [0.2, 0.25) is 0 Å². The van der Waals surface area contributed by atoms with E-state index in [9.17, 15) is 5.11 Å². The SMILES string of the molecule is Cc1c(O)cccc1OCCC1CCCCC1. The van der Waals surface area contributed by atoms with Crippen molar-refractivity contribution < 1.29 is 9.84 Å². The minimum absolute atomic E-state index is 0.320. The second kappa shape index (κ2) is 5.95. The zero-order valence-corrected chi connectivity index (χ0v) is 10.6. The van der Waals surface area contributed by atoms with E-state index in [-0.39, 0.29) is 0 Å². The first-order valence-corrected chi connectivity index (χ1v) is 6.69. The van der Waals surface area contributed by atoms with E-state index in [1.165, 1.54) is 32.1 Å². The second-order valence-electron chi connectivity index (χ2n) is 5.04. The molecule has 1 aromatic rings. The van der Waals surface area contributed by atoms with Crippen LogP contribution in [0.3, 0.4) is 0 Å². The summed E-state index contributed by atoms with van der Waals surface area (Å²) in [6, 6.07) is 5.46. The number of ether oxygens (including phenoxy) is 1. The Hall–Kier alpha value is -1.18. The molecule has 2 rings (SSSR count). The maximum atomic E-state index is 9.57. The van der Waals surface area contributed by atoms with Crippen LogP contribution in [0.1, 0.15) is 44.1 Å². The highest BCUT2D eigenvalue weighted by molar-refractivity contribution is 5.42. The fourth-order valence-electron chi connectivity index (χ4n) is 2.57. The van der Waals surface area contributed by atoms with Crippen LogP contribution in [0.25, 0.3) is 0 Å². The molecule has 0 bridgehead atoms. The van der Waals surface area contributed by atoms with Gasteiger partial charge in [-0.15, -0.1) is 0 Å². The van der Waals surface area contributed by atoms with Gasteiger partial charge in [-0.3, -0.25) is 0 Å². The van der Waals surface area contributed by atoms with Gasteiger partial charge in [0, 0.05) is 5.56 Å². The summed E-state index contributed by atoms with van der Waals surface area (Å²) in [5, 5.41) is 9.57. The topological polar surface area (TPSA) is 29.5 Å². The number of rotatable bonds is 4. The minimum Gasteiger partial charge on any atom is -0.508 e. The molecule has 1 aliphatic rings. The predicted molar refractivity (Wildman–Crippen MR) is 69.5 cm³/mol. The van der Waals surface area contributed by atoms with Gasteiger partial charge in [-0.05, 0) is 31.4 Å². The molecule has 0 heterocycles. The van der Waals surface area contributed by atoms with E-state index in [0.29, 0.717) is 5.75 Å². The summed E-state index contributed by atoms with van der Waals surface area (Å²) in [5.41, 5.74) is 0.844. The monoisotopic (exact) mass is 234 g/mol. The highest BCUT2D eigenvalue weighted by Gasteiger charge is 2.13. The molecule has 1 aromatic carbocycles. The van der Waals surface area contributed by atoms with Crippen molar-refractivity contribution in [2.45, 2.75) is 45.4 Å². The Balaban J connectivity index is 1.79. The summed E-state index contributed by atoms with van der Waals surface area (Å²) in [7, 11) is 0. The Morgan fingerprint density at radius 1 is 1.24 bits per heavy atom. The molecule has 0 aliphatic heterocycles. The van der Waals surface area contributed by atoms with Crippen LogP contribution in [-0.2, 0) is 0 Å². The summed E-state index contributed by atoms with van der Waals surface area (Å²) >= 11 is 0. The molecule has 1 aliphatic carbocycles. The Morgan fingerprint density at radius 2 is 2.00 bits per heavy atom. The van der Waals surface area contributed by atoms with Gasteiger partial charge in [-0.25, -0.2) is 0 Å². The zero-order valence-electron chi connectivity index (χ0n) is 10.6. The van der Waals surface area contributed by atoms with E-state index in [0.717, 1.165) is 30.3 Å². The number of aromatic hydroxyl groups is 1. The van der Waals surface area contributed by atoms with Crippen molar-refractivity contribution in [1.82, 2.24) is 0 Å². The van der Waals surface area contributed by atoms with Crippen molar-refractivity contribution in [3.05, 3.63) is 23.8 Å². The van der Waals surface area contributed by atoms with Crippen LogP contribution in [0.15, 0.2) is 18.2 Å². The fourth-order valence-corrected chi connectivity index (χ4v) is 2.57.